The lowest BCUT2D eigenvalue weighted by Gasteiger charge is -2.08. The van der Waals surface area contributed by atoms with Crippen LogP contribution < -0.4 is 0 Å². The van der Waals surface area contributed by atoms with Gasteiger partial charge in [0.05, 0.1) is 33.8 Å². The van der Waals surface area contributed by atoms with Crippen LogP contribution in [0.15, 0.2) is 54.6 Å². The number of nitrogens with one attached hydrogen (secondary N) is 1. The molecule has 0 saturated heterocycles. The van der Waals surface area contributed by atoms with E-state index >= 15 is 0 Å². The molecule has 2 aliphatic heterocycles. The Balaban J connectivity index is 0.000000906. The van der Waals surface area contributed by atoms with Crippen LogP contribution in [-0.4, -0.2) is 23.8 Å². The summed E-state index contributed by atoms with van der Waals surface area (Å²) in [5.41, 5.74) is 20.0. The first-order valence-electron chi connectivity index (χ1n) is 15.1. The predicted molar refractivity (Wildman–Crippen MR) is 192 cm³/mol. The van der Waals surface area contributed by atoms with Crippen LogP contribution in [0.3, 0.4) is 0 Å². The largest absolute Gasteiger partial charge is 0.355 e. The number of para-hydroxylation sites is 1. The second-order valence-electron chi connectivity index (χ2n) is 11.4. The summed E-state index contributed by atoms with van der Waals surface area (Å²) in [7, 11) is 0. The van der Waals surface area contributed by atoms with Gasteiger partial charge < -0.3 is 9.55 Å². The van der Waals surface area contributed by atoms with Crippen LogP contribution in [0.1, 0.15) is 86.1 Å². The summed E-state index contributed by atoms with van der Waals surface area (Å²) < 4.78 is 1.63. The number of benzene rings is 1. The monoisotopic (exact) mass is 644 g/mol. The van der Waals surface area contributed by atoms with Crippen LogP contribution in [0.2, 0.25) is 0 Å². The van der Waals surface area contributed by atoms with Crippen molar-refractivity contribution >= 4 is 79.2 Å². The molecule has 0 saturated carbocycles. The average Bonchev–Trinajstić information content (AvgIpc) is 3.62. The fraction of sp³-hybridized carbons (Fsp3) is 0.297. The minimum absolute atomic E-state index is 0.750. The van der Waals surface area contributed by atoms with Crippen molar-refractivity contribution in [3.05, 3.63) is 99.6 Å². The van der Waals surface area contributed by atoms with Gasteiger partial charge in [-0.15, -0.1) is 0 Å². The van der Waals surface area contributed by atoms with E-state index in [4.69, 9.17) is 44.8 Å². The zero-order valence-electron chi connectivity index (χ0n) is 26.7. The second-order valence-corrected chi connectivity index (χ2v) is 13.4. The zero-order chi connectivity index (χ0) is 31.9. The standard InChI is InChI=1S/C36H38N4.CHCl3/c1-9-27-24(7)30-16-29-20(3)21(4)31(37-29)18-35-22(5)23(6)36(40(35)26-14-12-11-13-15-26)19-32-25(8)28(10-2)34(39-32)17-33(27)38-30;2-1(3)4/h11-19,38H,9-10H2,1-8H3;1H. The first-order valence-corrected chi connectivity index (χ1v) is 16.4. The molecule has 0 fully saturated rings. The van der Waals surface area contributed by atoms with E-state index in [2.05, 4.69) is 120 Å². The molecular weight excluding hydrogens is 607 g/mol. The van der Waals surface area contributed by atoms with Crippen molar-refractivity contribution in [1.29, 1.82) is 0 Å². The number of nitrogens with zero attached hydrogens (tertiary/aromatic N) is 3. The van der Waals surface area contributed by atoms with Gasteiger partial charge in [-0.2, -0.15) is 0 Å². The molecule has 228 valence electrons. The molecule has 1 N–H and O–H groups in total. The lowest BCUT2D eigenvalue weighted by atomic mass is 10.0. The lowest BCUT2D eigenvalue weighted by Crippen LogP contribution is -1.94. The van der Waals surface area contributed by atoms with Gasteiger partial charge in [0.2, 0.25) is 0 Å². The highest BCUT2D eigenvalue weighted by molar-refractivity contribution is 6.63. The number of allylic oxidation sites excluding steroid dienone is 4. The maximum absolute atomic E-state index is 5.25. The van der Waals surface area contributed by atoms with Gasteiger partial charge >= 0.3 is 0 Å². The molecule has 0 unspecified atom stereocenters. The van der Waals surface area contributed by atoms with Crippen molar-refractivity contribution in [3.63, 3.8) is 0 Å². The van der Waals surface area contributed by atoms with E-state index in [1.165, 1.54) is 44.5 Å². The number of rotatable bonds is 3. The number of hydrogen-bond acceptors (Lipinski definition) is 2. The number of aryl methyl sites for hydroxylation is 4. The number of fused-ring (bicyclic) bond motifs is 8. The summed E-state index contributed by atoms with van der Waals surface area (Å²) >= 11 is 14.4. The number of halogens is 3. The molecule has 0 amide bonds. The van der Waals surface area contributed by atoms with Crippen LogP contribution in [0.25, 0.3) is 50.0 Å². The van der Waals surface area contributed by atoms with E-state index in [1.807, 2.05) is 0 Å². The molecule has 1 aromatic carbocycles. The smallest absolute Gasteiger partial charge is 0.180 e. The average molecular weight is 646 g/mol. The molecule has 2 aliphatic rings. The van der Waals surface area contributed by atoms with Crippen LogP contribution in [0.5, 0.6) is 0 Å². The van der Waals surface area contributed by atoms with Gasteiger partial charge in [-0.1, -0.05) is 66.8 Å². The van der Waals surface area contributed by atoms with Crippen molar-refractivity contribution in [2.24, 2.45) is 0 Å². The Hall–Kier alpha value is -3.31. The highest BCUT2D eigenvalue weighted by Gasteiger charge is 2.20. The Morgan fingerprint density at radius 2 is 1.14 bits per heavy atom. The number of H-pyrrole nitrogens is 1. The van der Waals surface area contributed by atoms with Crippen molar-refractivity contribution in [2.45, 2.75) is 72.5 Å². The van der Waals surface area contributed by atoms with Crippen molar-refractivity contribution in [1.82, 2.24) is 19.5 Å². The molecule has 0 atom stereocenters. The molecule has 0 radical (unpaired) electrons. The van der Waals surface area contributed by atoms with Crippen molar-refractivity contribution < 1.29 is 0 Å². The SMILES string of the molecule is CCC1=C(C)c2cc3c(C)c(C)c(cc4nc(cc5[nH]c(cc1n2)c(CC)c5C)C(C)=C4C)n3-c1ccccc1.ClC(Cl)Cl. The first kappa shape index (κ1) is 32.1. The van der Waals surface area contributed by atoms with Crippen molar-refractivity contribution in [2.75, 3.05) is 0 Å². The number of alkyl halides is 3. The summed E-state index contributed by atoms with van der Waals surface area (Å²) in [5.74, 6) is 0. The maximum atomic E-state index is 5.25. The molecule has 44 heavy (non-hydrogen) atoms. The molecule has 6 rings (SSSR count). The van der Waals surface area contributed by atoms with Crippen LogP contribution >= 0.6 is 34.8 Å². The van der Waals surface area contributed by atoms with Gasteiger partial charge in [-0.05, 0) is 135 Å². The Morgan fingerprint density at radius 3 is 1.68 bits per heavy atom. The minimum Gasteiger partial charge on any atom is -0.355 e. The van der Waals surface area contributed by atoms with Gasteiger partial charge in [-0.3, -0.25) is 0 Å². The van der Waals surface area contributed by atoms with Gasteiger partial charge in [0, 0.05) is 16.7 Å². The Labute approximate surface area is 275 Å². The minimum atomic E-state index is -0.750. The van der Waals surface area contributed by atoms with E-state index in [-0.39, 0.29) is 0 Å². The van der Waals surface area contributed by atoms with Crippen molar-refractivity contribution in [3.8, 4) is 5.69 Å². The lowest BCUT2D eigenvalue weighted by molar-refractivity contribution is 1.14. The normalized spacial score (nSPS) is 13.1. The van der Waals surface area contributed by atoms with Crippen LogP contribution in [0, 0.1) is 20.8 Å². The maximum Gasteiger partial charge on any atom is 0.180 e. The topological polar surface area (TPSA) is 46.5 Å². The number of hydrogen-bond donors (Lipinski definition) is 1. The van der Waals surface area contributed by atoms with E-state index in [0.717, 1.165) is 63.4 Å². The third kappa shape index (κ3) is 5.88. The molecule has 0 spiro atoms. The van der Waals surface area contributed by atoms with Crippen LogP contribution in [0.4, 0.5) is 0 Å². The molecule has 8 bridgehead atoms. The molecule has 5 heterocycles. The summed E-state index contributed by atoms with van der Waals surface area (Å²) in [6, 6.07) is 19.7. The van der Waals surface area contributed by atoms with E-state index < -0.39 is 4.30 Å². The van der Waals surface area contributed by atoms with E-state index in [9.17, 15) is 0 Å². The van der Waals surface area contributed by atoms with Gasteiger partial charge in [-0.25, -0.2) is 9.97 Å². The predicted octanol–water partition coefficient (Wildman–Crippen LogP) is 11.5. The molecule has 4 nitrogen and oxygen atoms in total. The molecule has 4 aromatic rings. The molecule has 0 aliphatic carbocycles. The van der Waals surface area contributed by atoms with Gasteiger partial charge in [0.25, 0.3) is 0 Å². The Morgan fingerprint density at radius 1 is 0.636 bits per heavy atom. The zero-order valence-corrected chi connectivity index (χ0v) is 28.9. The summed E-state index contributed by atoms with van der Waals surface area (Å²) in [5, 5.41) is 0. The third-order valence-electron chi connectivity index (χ3n) is 9.05. The molecule has 7 heteroatoms. The highest BCUT2D eigenvalue weighted by atomic mass is 35.6. The number of aromatic amines is 1. The molecular formula is C37H39Cl3N4. The van der Waals surface area contributed by atoms with Crippen LogP contribution in [-0.2, 0) is 6.42 Å². The van der Waals surface area contributed by atoms with E-state index in [1.54, 1.807) is 0 Å². The fourth-order valence-electron chi connectivity index (χ4n) is 6.28. The Bertz CT molecular complexity index is 1970. The Kier molecular flexibility index (Phi) is 9.46. The number of aromatic nitrogens is 4. The summed E-state index contributed by atoms with van der Waals surface area (Å²) in [4.78, 5) is 14.2. The molecule has 3 aromatic heterocycles. The third-order valence-corrected chi connectivity index (χ3v) is 9.05. The first-order chi connectivity index (χ1) is 21.0. The quantitative estimate of drug-likeness (QED) is 0.225. The second kappa shape index (κ2) is 13.0. The summed E-state index contributed by atoms with van der Waals surface area (Å²) in [6.07, 6.45) is 1.90. The summed E-state index contributed by atoms with van der Waals surface area (Å²) in [6.45, 7) is 17.7. The highest BCUT2D eigenvalue weighted by Crippen LogP contribution is 2.36. The fourth-order valence-corrected chi connectivity index (χ4v) is 6.28. The van der Waals surface area contributed by atoms with Gasteiger partial charge in [0.15, 0.2) is 4.30 Å². The van der Waals surface area contributed by atoms with E-state index in [0.29, 0.717) is 0 Å². The van der Waals surface area contributed by atoms with Gasteiger partial charge in [0.1, 0.15) is 0 Å².